The summed E-state index contributed by atoms with van der Waals surface area (Å²) in [4.78, 5) is 3.28. The van der Waals surface area contributed by atoms with E-state index in [9.17, 15) is 0 Å². The van der Waals surface area contributed by atoms with Crippen molar-refractivity contribution in [3.63, 3.8) is 0 Å². The van der Waals surface area contributed by atoms with Gasteiger partial charge < -0.3 is 4.98 Å². The van der Waals surface area contributed by atoms with Gasteiger partial charge in [0.1, 0.15) is 5.52 Å². The third-order valence-corrected chi connectivity index (χ3v) is 4.34. The fourth-order valence-corrected chi connectivity index (χ4v) is 3.43. The highest BCUT2D eigenvalue weighted by molar-refractivity contribution is 9.10. The molecule has 0 saturated carbocycles. The van der Waals surface area contributed by atoms with Gasteiger partial charge in [0.15, 0.2) is 10.4 Å². The summed E-state index contributed by atoms with van der Waals surface area (Å²) < 4.78 is 5.62. The third-order valence-electron chi connectivity index (χ3n) is 3.42. The van der Waals surface area contributed by atoms with Gasteiger partial charge in [-0.25, -0.2) is 4.68 Å². The first kappa shape index (κ1) is 13.6. The van der Waals surface area contributed by atoms with Gasteiger partial charge in [-0.05, 0) is 59.2 Å². The van der Waals surface area contributed by atoms with E-state index in [1.807, 2.05) is 16.3 Å². The molecule has 20 heavy (non-hydrogen) atoms. The Hall–Kier alpha value is -1.40. The van der Waals surface area contributed by atoms with E-state index in [4.69, 9.17) is 12.2 Å². The van der Waals surface area contributed by atoms with Gasteiger partial charge in [0, 0.05) is 11.5 Å². The molecular formula is C14H15BrN4S. The number of benzene rings is 1. The first-order chi connectivity index (χ1) is 9.52. The lowest BCUT2D eigenvalue weighted by atomic mass is 10.2. The molecule has 0 aliphatic heterocycles. The maximum atomic E-state index is 5.49. The van der Waals surface area contributed by atoms with Gasteiger partial charge in [-0.1, -0.05) is 13.0 Å². The van der Waals surface area contributed by atoms with Gasteiger partial charge >= 0.3 is 0 Å². The van der Waals surface area contributed by atoms with Gasteiger partial charge in [-0.3, -0.25) is 4.57 Å². The number of fused-ring (bicyclic) bond motifs is 1. The minimum atomic E-state index is 0.687. The second-order valence-electron chi connectivity index (χ2n) is 4.84. The summed E-state index contributed by atoms with van der Waals surface area (Å²) in [5.74, 6) is 0. The molecule has 104 valence electrons. The molecule has 0 unspecified atom stereocenters. The molecule has 0 bridgehead atoms. The third kappa shape index (κ3) is 1.94. The molecule has 0 aliphatic carbocycles. The van der Waals surface area contributed by atoms with E-state index in [0.29, 0.717) is 4.77 Å². The Kier molecular flexibility index (Phi) is 3.30. The second kappa shape index (κ2) is 4.86. The Morgan fingerprint density at radius 1 is 1.40 bits per heavy atom. The zero-order chi connectivity index (χ0) is 14.4. The van der Waals surface area contributed by atoms with E-state index in [1.165, 1.54) is 5.56 Å². The smallest absolute Gasteiger partial charge is 0.184 e. The van der Waals surface area contributed by atoms with Crippen LogP contribution in [-0.2, 0) is 13.5 Å². The lowest BCUT2D eigenvalue weighted by Crippen LogP contribution is -2.01. The highest BCUT2D eigenvalue weighted by atomic mass is 79.9. The van der Waals surface area contributed by atoms with Crippen LogP contribution in [0.25, 0.3) is 16.9 Å². The predicted octanol–water partition coefficient (Wildman–Crippen LogP) is 4.05. The van der Waals surface area contributed by atoms with Crippen LogP contribution in [0.2, 0.25) is 0 Å². The fraction of sp³-hybridized carbons (Fsp3) is 0.286. The van der Waals surface area contributed by atoms with E-state index in [2.05, 4.69) is 58.1 Å². The van der Waals surface area contributed by atoms with Crippen molar-refractivity contribution in [1.29, 1.82) is 0 Å². The normalized spacial score (nSPS) is 11.4. The Balaban J connectivity index is 2.39. The molecule has 0 fully saturated rings. The maximum absolute atomic E-state index is 5.49. The first-order valence-electron chi connectivity index (χ1n) is 6.46. The number of nitrogens with one attached hydrogen (secondary N) is 1. The minimum Gasteiger partial charge on any atom is -0.327 e. The molecule has 2 heterocycles. The lowest BCUT2D eigenvalue weighted by Gasteiger charge is -2.08. The van der Waals surface area contributed by atoms with Crippen molar-refractivity contribution in [3.05, 3.63) is 38.7 Å². The van der Waals surface area contributed by atoms with Crippen LogP contribution in [0.15, 0.2) is 22.7 Å². The van der Waals surface area contributed by atoms with Gasteiger partial charge in [-0.15, -0.1) is 0 Å². The average molecular weight is 351 g/mol. The summed E-state index contributed by atoms with van der Waals surface area (Å²) in [5.41, 5.74) is 5.29. The van der Waals surface area contributed by atoms with Crippen LogP contribution in [0, 0.1) is 11.7 Å². The largest absolute Gasteiger partial charge is 0.327 e. The number of hydrogen-bond donors (Lipinski definition) is 1. The predicted molar refractivity (Wildman–Crippen MR) is 87.0 cm³/mol. The monoisotopic (exact) mass is 350 g/mol. The highest BCUT2D eigenvalue weighted by Crippen LogP contribution is 2.27. The van der Waals surface area contributed by atoms with Crippen LogP contribution < -0.4 is 0 Å². The van der Waals surface area contributed by atoms with Gasteiger partial charge in [-0.2, -0.15) is 5.10 Å². The molecule has 1 aromatic carbocycles. The van der Waals surface area contributed by atoms with Crippen molar-refractivity contribution in [2.75, 3.05) is 0 Å². The quantitative estimate of drug-likeness (QED) is 0.708. The molecule has 1 N–H and O–H groups in total. The molecule has 0 aliphatic rings. The van der Waals surface area contributed by atoms with E-state index in [0.717, 1.165) is 33.4 Å². The Bertz CT molecular complexity index is 856. The van der Waals surface area contributed by atoms with Crippen LogP contribution in [0.1, 0.15) is 18.2 Å². The Morgan fingerprint density at radius 3 is 2.80 bits per heavy atom. The van der Waals surface area contributed by atoms with Crippen molar-refractivity contribution >= 4 is 39.3 Å². The van der Waals surface area contributed by atoms with Crippen molar-refractivity contribution in [2.45, 2.75) is 20.3 Å². The number of aryl methyl sites for hydroxylation is 3. The molecule has 0 spiro atoms. The summed E-state index contributed by atoms with van der Waals surface area (Å²) in [7, 11) is 1.95. The molecule has 3 aromatic rings. The molecule has 2 aromatic heterocycles. The number of rotatable bonds is 2. The zero-order valence-corrected chi connectivity index (χ0v) is 14.0. The number of nitrogens with zero attached hydrogens (tertiary/aromatic N) is 3. The van der Waals surface area contributed by atoms with Crippen molar-refractivity contribution < 1.29 is 0 Å². The van der Waals surface area contributed by atoms with Crippen LogP contribution >= 0.6 is 28.1 Å². The number of aromatic amines is 1. The number of halogens is 1. The van der Waals surface area contributed by atoms with Crippen molar-refractivity contribution in [2.24, 2.45) is 7.05 Å². The molecule has 4 nitrogen and oxygen atoms in total. The van der Waals surface area contributed by atoms with E-state index in [-0.39, 0.29) is 0 Å². The SMILES string of the molecule is CCc1nn(C)c2c1[nH]c(=S)n2-c1ccc(C)cc1Br. The molecule has 0 radical (unpaired) electrons. The van der Waals surface area contributed by atoms with Crippen LogP contribution in [0.3, 0.4) is 0 Å². The molecule has 3 rings (SSSR count). The average Bonchev–Trinajstić information content (AvgIpc) is 2.87. The zero-order valence-electron chi connectivity index (χ0n) is 11.6. The maximum Gasteiger partial charge on any atom is 0.184 e. The molecular weight excluding hydrogens is 336 g/mol. The van der Waals surface area contributed by atoms with Gasteiger partial charge in [0.05, 0.1) is 11.4 Å². The van der Waals surface area contributed by atoms with Crippen LogP contribution in [-0.4, -0.2) is 19.3 Å². The number of aromatic nitrogens is 4. The number of H-pyrrole nitrogens is 1. The highest BCUT2D eigenvalue weighted by Gasteiger charge is 2.16. The summed E-state index contributed by atoms with van der Waals surface area (Å²) in [6, 6.07) is 6.24. The summed E-state index contributed by atoms with van der Waals surface area (Å²) in [6.45, 7) is 4.16. The molecule has 6 heteroatoms. The first-order valence-corrected chi connectivity index (χ1v) is 7.66. The number of imidazole rings is 1. The summed E-state index contributed by atoms with van der Waals surface area (Å²) in [6.07, 6.45) is 0.877. The van der Waals surface area contributed by atoms with Crippen molar-refractivity contribution in [3.8, 4) is 5.69 Å². The Morgan fingerprint density at radius 2 is 2.15 bits per heavy atom. The van der Waals surface area contributed by atoms with Gasteiger partial charge in [0.25, 0.3) is 0 Å². The topological polar surface area (TPSA) is 38.5 Å². The molecule has 0 amide bonds. The van der Waals surface area contributed by atoms with Crippen molar-refractivity contribution in [1.82, 2.24) is 19.3 Å². The van der Waals surface area contributed by atoms with E-state index in [1.54, 1.807) is 0 Å². The van der Waals surface area contributed by atoms with E-state index < -0.39 is 0 Å². The number of hydrogen-bond acceptors (Lipinski definition) is 2. The van der Waals surface area contributed by atoms with Crippen LogP contribution in [0.4, 0.5) is 0 Å². The Labute approximate surface area is 130 Å². The molecule has 0 saturated heterocycles. The summed E-state index contributed by atoms with van der Waals surface area (Å²) >= 11 is 9.12. The van der Waals surface area contributed by atoms with E-state index >= 15 is 0 Å². The van der Waals surface area contributed by atoms with Crippen LogP contribution in [0.5, 0.6) is 0 Å². The lowest BCUT2D eigenvalue weighted by molar-refractivity contribution is 0.748. The second-order valence-corrected chi connectivity index (χ2v) is 6.08. The standard InChI is InChI=1S/C14H15BrN4S/c1-4-10-12-13(18(3)17-10)19(14(20)16-12)11-6-5-8(2)7-9(11)15/h5-7H,4H2,1-3H3,(H,16,20). The summed E-state index contributed by atoms with van der Waals surface area (Å²) in [5, 5.41) is 4.55. The molecule has 0 atom stereocenters. The van der Waals surface area contributed by atoms with Gasteiger partial charge in [0.2, 0.25) is 0 Å². The minimum absolute atomic E-state index is 0.687. The fourth-order valence-electron chi connectivity index (χ4n) is 2.48.